The van der Waals surface area contributed by atoms with Crippen LogP contribution in [0, 0.1) is 0 Å². The van der Waals surface area contributed by atoms with Gasteiger partial charge in [0, 0.05) is 19.3 Å². The number of rotatable bonds is 66. The summed E-state index contributed by atoms with van der Waals surface area (Å²) in [5.74, 6) is -0.856. The quantitative estimate of drug-likeness (QED) is 0.0261. The smallest absolute Gasteiger partial charge is 0.306 e. The van der Waals surface area contributed by atoms with Gasteiger partial charge in [0.15, 0.2) is 6.10 Å². The van der Waals surface area contributed by atoms with Crippen LogP contribution in [0.2, 0.25) is 0 Å². The van der Waals surface area contributed by atoms with Gasteiger partial charge in [-0.05, 0) is 77.0 Å². The number of ether oxygens (including phenoxy) is 3. The Hall–Kier alpha value is -2.63. The molecular weight excluding hydrogens is 985 g/mol. The van der Waals surface area contributed by atoms with E-state index in [0.29, 0.717) is 19.3 Å². The zero-order valence-electron chi connectivity index (χ0n) is 53.9. The number of hydrogen-bond acceptors (Lipinski definition) is 6. The molecule has 0 saturated heterocycles. The van der Waals surface area contributed by atoms with Crippen molar-refractivity contribution < 1.29 is 28.6 Å². The Labute approximate surface area is 498 Å². The van der Waals surface area contributed by atoms with Crippen LogP contribution < -0.4 is 0 Å². The van der Waals surface area contributed by atoms with Gasteiger partial charge in [-0.1, -0.05) is 339 Å². The average molecular weight is 1120 g/mol. The largest absolute Gasteiger partial charge is 0.462 e. The molecule has 6 nitrogen and oxygen atoms in total. The number of unbranched alkanes of at least 4 members (excludes halogenated alkanes) is 47. The van der Waals surface area contributed by atoms with Crippen LogP contribution in [0.4, 0.5) is 0 Å². The predicted molar refractivity (Wildman–Crippen MR) is 349 cm³/mol. The molecule has 0 radical (unpaired) electrons. The average Bonchev–Trinajstić information content (AvgIpc) is 3.46. The molecule has 0 aromatic heterocycles. The molecule has 0 aliphatic rings. The van der Waals surface area contributed by atoms with Crippen LogP contribution in [0.5, 0.6) is 0 Å². The first kappa shape index (κ1) is 77.4. The summed E-state index contributed by atoms with van der Waals surface area (Å²) in [4.78, 5) is 38.3. The van der Waals surface area contributed by atoms with Gasteiger partial charge >= 0.3 is 17.9 Å². The van der Waals surface area contributed by atoms with Crippen LogP contribution in [0.25, 0.3) is 0 Å². The van der Waals surface area contributed by atoms with Gasteiger partial charge in [0.05, 0.1) is 0 Å². The monoisotopic (exact) mass is 1120 g/mol. The van der Waals surface area contributed by atoms with Gasteiger partial charge in [-0.25, -0.2) is 0 Å². The fraction of sp³-hybridized carbons (Fsp3) is 0.851. The van der Waals surface area contributed by atoms with Crippen molar-refractivity contribution in [2.75, 3.05) is 13.2 Å². The van der Waals surface area contributed by atoms with Crippen LogP contribution in [-0.4, -0.2) is 37.2 Å². The zero-order valence-corrected chi connectivity index (χ0v) is 53.9. The van der Waals surface area contributed by atoms with E-state index in [2.05, 4.69) is 69.4 Å². The summed E-state index contributed by atoms with van der Waals surface area (Å²) in [6.45, 7) is 6.63. The maximum absolute atomic E-state index is 12.9. The second-order valence-electron chi connectivity index (χ2n) is 24.1. The lowest BCUT2D eigenvalue weighted by molar-refractivity contribution is -0.167. The Morgan fingerprint density at radius 2 is 0.475 bits per heavy atom. The SMILES string of the molecule is CCC/C=C\CCCCCCCC(=O)OCC(COC(=O)CCCCCCCCCCCCCCCCCC/C=C\C/C=C\C/C=C\CCCCCCC)OC(=O)CCCCCCCCCCCCCCCCCCCCCCC. The van der Waals surface area contributed by atoms with Gasteiger partial charge < -0.3 is 14.2 Å². The van der Waals surface area contributed by atoms with E-state index in [1.807, 2.05) is 0 Å². The second-order valence-corrected chi connectivity index (χ2v) is 24.1. The van der Waals surface area contributed by atoms with Gasteiger partial charge in [0.25, 0.3) is 0 Å². The van der Waals surface area contributed by atoms with Gasteiger partial charge in [-0.15, -0.1) is 0 Å². The topological polar surface area (TPSA) is 78.9 Å². The molecule has 0 spiro atoms. The molecule has 0 aromatic carbocycles. The zero-order chi connectivity index (χ0) is 57.8. The summed E-state index contributed by atoms with van der Waals surface area (Å²) in [7, 11) is 0. The second kappa shape index (κ2) is 68.9. The minimum Gasteiger partial charge on any atom is -0.462 e. The van der Waals surface area contributed by atoms with E-state index in [4.69, 9.17) is 14.2 Å². The Balaban J connectivity index is 4.11. The van der Waals surface area contributed by atoms with Gasteiger partial charge in [-0.2, -0.15) is 0 Å². The Morgan fingerprint density at radius 1 is 0.250 bits per heavy atom. The first-order valence-corrected chi connectivity index (χ1v) is 35.6. The molecule has 80 heavy (non-hydrogen) atoms. The van der Waals surface area contributed by atoms with E-state index in [1.54, 1.807) is 0 Å². The fourth-order valence-corrected chi connectivity index (χ4v) is 10.7. The predicted octanol–water partition coefficient (Wildman–Crippen LogP) is 24.5. The van der Waals surface area contributed by atoms with Crippen molar-refractivity contribution >= 4 is 17.9 Å². The van der Waals surface area contributed by atoms with Crippen molar-refractivity contribution in [2.24, 2.45) is 0 Å². The summed E-state index contributed by atoms with van der Waals surface area (Å²) in [5, 5.41) is 0. The molecule has 0 amide bonds. The molecule has 0 N–H and O–H groups in total. The van der Waals surface area contributed by atoms with E-state index in [0.717, 1.165) is 83.5 Å². The van der Waals surface area contributed by atoms with Crippen molar-refractivity contribution in [1.82, 2.24) is 0 Å². The van der Waals surface area contributed by atoms with Gasteiger partial charge in [0.2, 0.25) is 0 Å². The van der Waals surface area contributed by atoms with Crippen LogP contribution in [0.3, 0.4) is 0 Å². The summed E-state index contributed by atoms with van der Waals surface area (Å²) >= 11 is 0. The number of carbonyl (C=O) groups excluding carboxylic acids is 3. The molecule has 0 rings (SSSR count). The fourth-order valence-electron chi connectivity index (χ4n) is 10.7. The van der Waals surface area contributed by atoms with Crippen molar-refractivity contribution in [2.45, 2.75) is 393 Å². The standard InChI is InChI=1S/C74H136O6/c1-4-7-10-13-16-19-22-24-26-28-30-32-33-34-35-36-37-38-39-40-41-43-44-46-48-50-52-55-58-61-64-67-73(76)79-70-71(69-78-72(75)66-63-60-57-54-21-18-15-12-9-6-3)80-74(77)68-65-62-59-56-53-51-49-47-45-42-31-29-27-25-23-20-17-14-11-8-5-2/h12,15,22,24,28,30,33-34,71H,4-11,13-14,16-21,23,25-27,29,31-32,35-70H2,1-3H3/b15-12-,24-22-,30-28-,34-33-. The molecule has 6 heteroatoms. The number of esters is 3. The normalized spacial score (nSPS) is 12.3. The highest BCUT2D eigenvalue weighted by Gasteiger charge is 2.19. The first-order chi connectivity index (χ1) is 39.5. The third kappa shape index (κ3) is 66.2. The summed E-state index contributed by atoms with van der Waals surface area (Å²) in [6.07, 6.45) is 87.3. The van der Waals surface area contributed by atoms with Crippen LogP contribution in [0.15, 0.2) is 48.6 Å². The molecule has 1 atom stereocenters. The third-order valence-corrected chi connectivity index (χ3v) is 16.0. The molecule has 0 heterocycles. The van der Waals surface area contributed by atoms with Gasteiger partial charge in [0.1, 0.15) is 13.2 Å². The molecule has 0 saturated carbocycles. The van der Waals surface area contributed by atoms with E-state index < -0.39 is 6.10 Å². The first-order valence-electron chi connectivity index (χ1n) is 35.6. The third-order valence-electron chi connectivity index (χ3n) is 16.0. The van der Waals surface area contributed by atoms with Gasteiger partial charge in [-0.3, -0.25) is 14.4 Å². The lowest BCUT2D eigenvalue weighted by Gasteiger charge is -2.18. The van der Waals surface area contributed by atoms with Crippen molar-refractivity contribution in [1.29, 1.82) is 0 Å². The Morgan fingerprint density at radius 3 is 0.762 bits per heavy atom. The van der Waals surface area contributed by atoms with Crippen LogP contribution in [-0.2, 0) is 28.6 Å². The lowest BCUT2D eigenvalue weighted by Crippen LogP contribution is -2.30. The molecule has 0 aliphatic carbocycles. The van der Waals surface area contributed by atoms with E-state index in [1.165, 1.54) is 263 Å². The van der Waals surface area contributed by atoms with E-state index in [-0.39, 0.29) is 31.1 Å². The molecule has 1 unspecified atom stereocenters. The Bertz CT molecular complexity index is 1380. The molecule has 0 bridgehead atoms. The number of allylic oxidation sites excluding steroid dienone is 8. The Kier molecular flexibility index (Phi) is 66.6. The summed E-state index contributed by atoms with van der Waals surface area (Å²) in [5.41, 5.74) is 0. The molecule has 0 fully saturated rings. The maximum atomic E-state index is 12.9. The van der Waals surface area contributed by atoms with Crippen LogP contribution >= 0.6 is 0 Å². The molecule has 0 aliphatic heterocycles. The highest BCUT2D eigenvalue weighted by Crippen LogP contribution is 2.18. The molecular formula is C74H136O6. The van der Waals surface area contributed by atoms with E-state index in [9.17, 15) is 14.4 Å². The van der Waals surface area contributed by atoms with Crippen LogP contribution in [0.1, 0.15) is 387 Å². The number of carbonyl (C=O) groups is 3. The molecule has 0 aromatic rings. The van der Waals surface area contributed by atoms with Crippen molar-refractivity contribution in [3.63, 3.8) is 0 Å². The van der Waals surface area contributed by atoms with Crippen molar-refractivity contribution in [3.8, 4) is 0 Å². The number of hydrogen-bond donors (Lipinski definition) is 0. The summed E-state index contributed by atoms with van der Waals surface area (Å²) in [6, 6.07) is 0. The summed E-state index contributed by atoms with van der Waals surface area (Å²) < 4.78 is 16.9. The molecule has 468 valence electrons. The van der Waals surface area contributed by atoms with E-state index >= 15 is 0 Å². The maximum Gasteiger partial charge on any atom is 0.306 e. The lowest BCUT2D eigenvalue weighted by atomic mass is 10.0. The minimum atomic E-state index is -0.773. The minimum absolute atomic E-state index is 0.0707. The van der Waals surface area contributed by atoms with Crippen molar-refractivity contribution in [3.05, 3.63) is 48.6 Å². The highest BCUT2D eigenvalue weighted by atomic mass is 16.6. The highest BCUT2D eigenvalue weighted by molar-refractivity contribution is 5.71.